The summed E-state index contributed by atoms with van der Waals surface area (Å²) in [6, 6.07) is 1.37. The van der Waals surface area contributed by atoms with Crippen LogP contribution in [0.5, 0.6) is 0 Å². The fourth-order valence-corrected chi connectivity index (χ4v) is 2.52. The number of piperidine rings is 1. The molecule has 2 amide bonds. The first-order chi connectivity index (χ1) is 10.0. The molecule has 1 saturated carbocycles. The molecule has 0 radical (unpaired) electrons. The maximum Gasteiger partial charge on any atom is 0.287 e. The predicted octanol–water partition coefficient (Wildman–Crippen LogP) is 0.740. The zero-order valence-electron chi connectivity index (χ0n) is 11.4. The first-order valence-corrected chi connectivity index (χ1v) is 6.98. The van der Waals surface area contributed by atoms with Gasteiger partial charge in [0, 0.05) is 31.1 Å². The molecule has 1 atom stereocenters. The van der Waals surface area contributed by atoms with Crippen LogP contribution in [0.1, 0.15) is 42.2 Å². The summed E-state index contributed by atoms with van der Waals surface area (Å²) in [6.07, 6.45) is 4.27. The third kappa shape index (κ3) is 2.88. The van der Waals surface area contributed by atoms with Crippen molar-refractivity contribution in [1.29, 1.82) is 0 Å². The molecule has 3 rings (SSSR count). The predicted molar refractivity (Wildman–Crippen MR) is 72.9 cm³/mol. The molecule has 2 N–H and O–H groups in total. The monoisotopic (exact) mass is 292 g/mol. The van der Waals surface area contributed by atoms with Gasteiger partial charge in [-0.3, -0.25) is 19.7 Å². The number of nitrogens with one attached hydrogen (secondary N) is 2. The van der Waals surface area contributed by atoms with Crippen molar-refractivity contribution in [2.45, 2.75) is 37.8 Å². The third-order valence-corrected chi connectivity index (χ3v) is 3.82. The number of aromatic nitrogens is 1. The van der Waals surface area contributed by atoms with Gasteiger partial charge in [0.25, 0.3) is 11.6 Å². The number of rotatable bonds is 4. The number of hydrogen-bond acceptors (Lipinski definition) is 4. The van der Waals surface area contributed by atoms with E-state index in [1.54, 1.807) is 4.57 Å². The van der Waals surface area contributed by atoms with E-state index in [1.165, 1.54) is 12.3 Å². The van der Waals surface area contributed by atoms with Crippen molar-refractivity contribution in [3.05, 3.63) is 28.1 Å². The largest absolute Gasteiger partial charge is 0.354 e. The molecule has 0 bridgehead atoms. The summed E-state index contributed by atoms with van der Waals surface area (Å²) >= 11 is 0. The molecule has 8 heteroatoms. The molecule has 0 aromatic carbocycles. The van der Waals surface area contributed by atoms with E-state index in [0.717, 1.165) is 12.8 Å². The van der Waals surface area contributed by atoms with Crippen LogP contribution < -0.4 is 10.6 Å². The van der Waals surface area contributed by atoms with Crippen LogP contribution in [0.3, 0.4) is 0 Å². The average molecular weight is 292 g/mol. The molecule has 1 aromatic rings. The molecule has 21 heavy (non-hydrogen) atoms. The highest BCUT2D eigenvalue weighted by Gasteiger charge is 2.31. The Bertz CT molecular complexity index is 595. The summed E-state index contributed by atoms with van der Waals surface area (Å²) in [7, 11) is 0. The Kier molecular flexibility index (Phi) is 3.36. The van der Waals surface area contributed by atoms with Crippen LogP contribution in [0, 0.1) is 10.1 Å². The van der Waals surface area contributed by atoms with Crippen molar-refractivity contribution < 1.29 is 14.5 Å². The molecular formula is C13H16N4O4. The molecule has 8 nitrogen and oxygen atoms in total. The summed E-state index contributed by atoms with van der Waals surface area (Å²) in [5, 5.41) is 16.4. The van der Waals surface area contributed by atoms with Crippen LogP contribution in [-0.2, 0) is 4.79 Å². The van der Waals surface area contributed by atoms with Gasteiger partial charge < -0.3 is 15.2 Å². The van der Waals surface area contributed by atoms with Gasteiger partial charge >= 0.3 is 0 Å². The topological polar surface area (TPSA) is 106 Å². The minimum Gasteiger partial charge on any atom is -0.354 e. The Morgan fingerprint density at radius 3 is 2.76 bits per heavy atom. The summed E-state index contributed by atoms with van der Waals surface area (Å²) < 4.78 is 1.69. The molecule has 1 aliphatic carbocycles. The zero-order chi connectivity index (χ0) is 15.0. The second kappa shape index (κ2) is 5.19. The molecular weight excluding hydrogens is 276 g/mol. The van der Waals surface area contributed by atoms with Crippen LogP contribution in [0.15, 0.2) is 12.3 Å². The van der Waals surface area contributed by atoms with Gasteiger partial charge in [-0.15, -0.1) is 0 Å². The second-order valence-electron chi connectivity index (χ2n) is 5.49. The lowest BCUT2D eigenvalue weighted by atomic mass is 10.1. The molecule has 0 spiro atoms. The molecule has 1 aliphatic heterocycles. The summed E-state index contributed by atoms with van der Waals surface area (Å²) in [4.78, 5) is 33.8. The lowest BCUT2D eigenvalue weighted by molar-refractivity contribution is -0.384. The third-order valence-electron chi connectivity index (χ3n) is 3.82. The molecule has 2 aliphatic rings. The summed E-state index contributed by atoms with van der Waals surface area (Å²) in [5.41, 5.74) is 0.255. The minimum atomic E-state index is -0.490. The fraction of sp³-hybridized carbons (Fsp3) is 0.538. The molecule has 112 valence electrons. The van der Waals surface area contributed by atoms with Crippen molar-refractivity contribution in [3.8, 4) is 0 Å². The number of hydrogen-bond donors (Lipinski definition) is 2. The first-order valence-electron chi connectivity index (χ1n) is 6.98. The van der Waals surface area contributed by atoms with Crippen molar-refractivity contribution in [3.63, 3.8) is 0 Å². The number of nitrogens with zero attached hydrogens (tertiary/aromatic N) is 2. The van der Waals surface area contributed by atoms with Gasteiger partial charge in [0.05, 0.1) is 11.1 Å². The Balaban J connectivity index is 1.74. The first kappa shape index (κ1) is 13.6. The van der Waals surface area contributed by atoms with Crippen molar-refractivity contribution in [1.82, 2.24) is 15.2 Å². The Labute approximate surface area is 120 Å². The summed E-state index contributed by atoms with van der Waals surface area (Å²) in [5.74, 6) is -0.339. The van der Waals surface area contributed by atoms with Crippen LogP contribution >= 0.6 is 0 Å². The van der Waals surface area contributed by atoms with Gasteiger partial charge in [0.2, 0.25) is 5.91 Å². The lowest BCUT2D eigenvalue weighted by Crippen LogP contribution is -2.48. The van der Waals surface area contributed by atoms with Crippen LogP contribution in [-0.4, -0.2) is 33.9 Å². The van der Waals surface area contributed by atoms with E-state index < -0.39 is 4.92 Å². The van der Waals surface area contributed by atoms with Gasteiger partial charge in [-0.05, 0) is 19.3 Å². The van der Waals surface area contributed by atoms with Gasteiger partial charge in [-0.2, -0.15) is 0 Å². The number of carbonyl (C=O) groups is 2. The highest BCUT2D eigenvalue weighted by molar-refractivity contribution is 5.94. The van der Waals surface area contributed by atoms with Crippen molar-refractivity contribution in [2.75, 3.05) is 6.54 Å². The van der Waals surface area contributed by atoms with E-state index in [4.69, 9.17) is 0 Å². The summed E-state index contributed by atoms with van der Waals surface area (Å²) in [6.45, 7) is 0.400. The van der Waals surface area contributed by atoms with Gasteiger partial charge in [-0.1, -0.05) is 0 Å². The Morgan fingerprint density at radius 1 is 1.43 bits per heavy atom. The number of nitro groups is 1. The van der Waals surface area contributed by atoms with Gasteiger partial charge in [-0.25, -0.2) is 0 Å². The van der Waals surface area contributed by atoms with E-state index in [1.807, 2.05) is 0 Å². The van der Waals surface area contributed by atoms with Crippen molar-refractivity contribution in [2.24, 2.45) is 0 Å². The maximum atomic E-state index is 12.3. The normalized spacial score (nSPS) is 21.7. The van der Waals surface area contributed by atoms with Crippen LogP contribution in [0.4, 0.5) is 5.69 Å². The van der Waals surface area contributed by atoms with Crippen LogP contribution in [0.25, 0.3) is 0 Å². The Hall–Kier alpha value is -2.38. The van der Waals surface area contributed by atoms with E-state index in [0.29, 0.717) is 25.1 Å². The highest BCUT2D eigenvalue weighted by Crippen LogP contribution is 2.37. The fourth-order valence-electron chi connectivity index (χ4n) is 2.52. The Morgan fingerprint density at radius 2 is 2.19 bits per heavy atom. The van der Waals surface area contributed by atoms with Gasteiger partial charge in [0.15, 0.2) is 0 Å². The van der Waals surface area contributed by atoms with E-state index in [-0.39, 0.29) is 29.6 Å². The molecule has 2 heterocycles. The number of amides is 2. The standard InChI is InChI=1S/C13H16N4O4/c18-12-4-1-8(6-14-12)15-13(19)11-5-10(17(20)21)7-16(11)9-2-3-9/h5,7-9H,1-4,6H2,(H,14,18)(H,15,19). The molecule has 1 unspecified atom stereocenters. The highest BCUT2D eigenvalue weighted by atomic mass is 16.6. The van der Waals surface area contributed by atoms with E-state index >= 15 is 0 Å². The average Bonchev–Trinajstić information content (AvgIpc) is 3.19. The van der Waals surface area contributed by atoms with Crippen molar-refractivity contribution >= 4 is 17.5 Å². The second-order valence-corrected chi connectivity index (χ2v) is 5.49. The molecule has 1 aromatic heterocycles. The van der Waals surface area contributed by atoms with Gasteiger partial charge in [0.1, 0.15) is 5.69 Å². The number of carbonyl (C=O) groups excluding carboxylic acids is 2. The smallest absolute Gasteiger partial charge is 0.287 e. The quantitative estimate of drug-likeness (QED) is 0.630. The van der Waals surface area contributed by atoms with E-state index in [9.17, 15) is 19.7 Å². The van der Waals surface area contributed by atoms with Crippen LogP contribution in [0.2, 0.25) is 0 Å². The minimum absolute atomic E-state index is 0.0162. The SMILES string of the molecule is O=C1CCC(NC(=O)c2cc([N+](=O)[O-])cn2C2CC2)CN1. The van der Waals surface area contributed by atoms with E-state index in [2.05, 4.69) is 10.6 Å². The zero-order valence-corrected chi connectivity index (χ0v) is 11.4. The molecule has 2 fully saturated rings. The lowest BCUT2D eigenvalue weighted by Gasteiger charge is -2.23. The molecule has 1 saturated heterocycles. The maximum absolute atomic E-state index is 12.3.